The van der Waals surface area contributed by atoms with E-state index in [1.165, 1.54) is 25.4 Å². The molecule has 0 spiro atoms. The molecule has 0 saturated carbocycles. The summed E-state index contributed by atoms with van der Waals surface area (Å²) < 4.78 is 72.6. The topological polar surface area (TPSA) is 93.1 Å². The number of anilines is 2. The summed E-state index contributed by atoms with van der Waals surface area (Å²) in [6.07, 6.45) is -3.54. The second-order valence-corrected chi connectivity index (χ2v) is 8.35. The van der Waals surface area contributed by atoms with Crippen molar-refractivity contribution in [2.45, 2.75) is 38.3 Å². The summed E-state index contributed by atoms with van der Waals surface area (Å²) in [7, 11) is 0. The molecule has 3 atom stereocenters. The van der Waals surface area contributed by atoms with Gasteiger partial charge in [0, 0.05) is 18.0 Å². The van der Waals surface area contributed by atoms with Crippen molar-refractivity contribution >= 4 is 29.5 Å². The van der Waals surface area contributed by atoms with E-state index in [0.717, 1.165) is 23.2 Å². The normalized spacial score (nSPS) is 17.6. The molecule has 0 bridgehead atoms. The average Bonchev–Trinajstić information content (AvgIpc) is 3.21. The number of carbonyl (C=O) groups is 1. The molecule has 190 valence electrons. The van der Waals surface area contributed by atoms with Gasteiger partial charge in [-0.05, 0) is 31.5 Å². The number of ether oxygens (including phenoxy) is 1. The molecule has 1 saturated heterocycles. The van der Waals surface area contributed by atoms with Gasteiger partial charge in [-0.15, -0.1) is 0 Å². The van der Waals surface area contributed by atoms with Crippen molar-refractivity contribution in [3.8, 4) is 11.1 Å². The molecule has 4 rings (SSSR count). The number of cyclic esters (lactones) is 1. The molecule has 1 aliphatic rings. The van der Waals surface area contributed by atoms with E-state index >= 15 is 0 Å². The van der Waals surface area contributed by atoms with Crippen molar-refractivity contribution in [2.75, 3.05) is 16.8 Å². The lowest BCUT2D eigenvalue weighted by Gasteiger charge is -2.22. The molecule has 2 aromatic heterocycles. The molecule has 1 aliphatic heterocycles. The summed E-state index contributed by atoms with van der Waals surface area (Å²) in [5.74, 6) is -1.26. The summed E-state index contributed by atoms with van der Waals surface area (Å²) in [5.41, 5.74) is -0.428. The molecule has 0 aliphatic carbocycles. The average molecular weight is 529 g/mol. The second-order valence-electron chi connectivity index (χ2n) is 7.95. The Morgan fingerprint density at radius 2 is 1.83 bits per heavy atom. The summed E-state index contributed by atoms with van der Waals surface area (Å²) >= 11 is 5.66. The SMILES string of the molecule is C[C@H](Nc1ncc(F)c(N2C(=O)OCC2[C@H](C)F)n1)c1ncc(-c2ccc(Cl)c(C(F)(F)F)c2)cn1. The highest BCUT2D eigenvalue weighted by Crippen LogP contribution is 2.37. The molecule has 1 aromatic carbocycles. The molecule has 3 aromatic rings. The van der Waals surface area contributed by atoms with Crippen LogP contribution >= 0.6 is 11.6 Å². The van der Waals surface area contributed by atoms with Crippen LogP contribution in [-0.2, 0) is 10.9 Å². The van der Waals surface area contributed by atoms with Crippen molar-refractivity contribution in [3.05, 3.63) is 59.0 Å². The molecule has 3 heterocycles. The Morgan fingerprint density at radius 3 is 2.47 bits per heavy atom. The lowest BCUT2D eigenvalue weighted by atomic mass is 10.1. The van der Waals surface area contributed by atoms with E-state index in [-0.39, 0.29) is 23.9 Å². The van der Waals surface area contributed by atoms with Gasteiger partial charge in [0.2, 0.25) is 5.95 Å². The summed E-state index contributed by atoms with van der Waals surface area (Å²) in [5, 5.41) is 2.43. The van der Waals surface area contributed by atoms with Crippen molar-refractivity contribution < 1.29 is 31.5 Å². The minimum Gasteiger partial charge on any atom is -0.447 e. The van der Waals surface area contributed by atoms with E-state index in [4.69, 9.17) is 16.3 Å². The smallest absolute Gasteiger partial charge is 0.417 e. The highest BCUT2D eigenvalue weighted by atomic mass is 35.5. The highest BCUT2D eigenvalue weighted by Gasteiger charge is 2.40. The van der Waals surface area contributed by atoms with Crippen LogP contribution in [0.5, 0.6) is 0 Å². The van der Waals surface area contributed by atoms with E-state index in [1.54, 1.807) is 6.92 Å². The maximum atomic E-state index is 14.4. The number of rotatable bonds is 6. The third-order valence-corrected chi connectivity index (χ3v) is 5.73. The van der Waals surface area contributed by atoms with Crippen molar-refractivity contribution in [2.24, 2.45) is 0 Å². The van der Waals surface area contributed by atoms with Crippen molar-refractivity contribution in [1.29, 1.82) is 0 Å². The third kappa shape index (κ3) is 5.15. The van der Waals surface area contributed by atoms with Crippen LogP contribution in [-0.4, -0.2) is 44.8 Å². The summed E-state index contributed by atoms with van der Waals surface area (Å²) in [6.45, 7) is 2.61. The third-order valence-electron chi connectivity index (χ3n) is 5.40. The fraction of sp³-hybridized carbons (Fsp3) is 0.318. The molecular formula is C22H18ClF5N6O2. The van der Waals surface area contributed by atoms with Gasteiger partial charge < -0.3 is 10.1 Å². The second kappa shape index (κ2) is 9.80. The predicted molar refractivity (Wildman–Crippen MR) is 120 cm³/mol. The minimum absolute atomic E-state index is 0.0935. The Balaban J connectivity index is 1.53. The molecular weight excluding hydrogens is 511 g/mol. The standard InChI is InChI=1S/C22H18ClF5N6O2/c1-10(24)17-9-36-21(35)34(17)19-16(25)8-31-20(33-19)32-11(2)18-29-6-13(7-30-18)12-3-4-15(23)14(5-12)22(26,27)28/h3-8,10-11,17H,9H2,1-2H3,(H,31,32,33)/t10-,11-,17?/m0/s1. The molecule has 1 fully saturated rings. The number of aromatic nitrogens is 4. The Kier molecular flexibility index (Phi) is 6.94. The first kappa shape index (κ1) is 25.5. The number of alkyl halides is 4. The van der Waals surface area contributed by atoms with Crippen LogP contribution in [0, 0.1) is 5.82 Å². The van der Waals surface area contributed by atoms with Crippen molar-refractivity contribution in [1.82, 2.24) is 19.9 Å². The van der Waals surface area contributed by atoms with Gasteiger partial charge in [-0.3, -0.25) is 0 Å². The quantitative estimate of drug-likeness (QED) is 0.416. The Hall–Kier alpha value is -3.61. The van der Waals surface area contributed by atoms with E-state index < -0.39 is 52.7 Å². The zero-order valence-corrected chi connectivity index (χ0v) is 19.5. The van der Waals surface area contributed by atoms with Gasteiger partial charge in [-0.25, -0.2) is 33.4 Å². The van der Waals surface area contributed by atoms with E-state index in [2.05, 4.69) is 25.3 Å². The molecule has 0 radical (unpaired) electrons. The minimum atomic E-state index is -4.62. The first-order valence-electron chi connectivity index (χ1n) is 10.5. The van der Waals surface area contributed by atoms with E-state index in [0.29, 0.717) is 5.56 Å². The largest absolute Gasteiger partial charge is 0.447 e. The first-order valence-corrected chi connectivity index (χ1v) is 10.9. The fourth-order valence-corrected chi connectivity index (χ4v) is 3.73. The van der Waals surface area contributed by atoms with Crippen LogP contribution in [0.4, 0.5) is 38.5 Å². The van der Waals surface area contributed by atoms with Gasteiger partial charge in [0.05, 0.1) is 22.8 Å². The zero-order chi connectivity index (χ0) is 26.2. The summed E-state index contributed by atoms with van der Waals surface area (Å²) in [4.78, 5) is 29.0. The molecule has 36 heavy (non-hydrogen) atoms. The van der Waals surface area contributed by atoms with Crippen LogP contribution < -0.4 is 10.2 Å². The molecule has 14 heteroatoms. The number of nitrogens with one attached hydrogen (secondary N) is 1. The Bertz CT molecular complexity index is 1270. The number of amides is 1. The van der Waals surface area contributed by atoms with Crippen LogP contribution in [0.15, 0.2) is 36.8 Å². The first-order chi connectivity index (χ1) is 17.0. The maximum Gasteiger partial charge on any atom is 0.417 e. The highest BCUT2D eigenvalue weighted by molar-refractivity contribution is 6.31. The molecule has 1 N–H and O–H groups in total. The number of hydrogen-bond donors (Lipinski definition) is 1. The van der Waals surface area contributed by atoms with E-state index in [1.807, 2.05) is 0 Å². The van der Waals surface area contributed by atoms with Gasteiger partial charge in [-0.1, -0.05) is 17.7 Å². The fourth-order valence-electron chi connectivity index (χ4n) is 3.51. The number of benzene rings is 1. The Labute approximate surface area is 206 Å². The number of carbonyl (C=O) groups excluding carboxylic acids is 1. The van der Waals surface area contributed by atoms with Gasteiger partial charge >= 0.3 is 12.3 Å². The van der Waals surface area contributed by atoms with Gasteiger partial charge in [-0.2, -0.15) is 18.2 Å². The van der Waals surface area contributed by atoms with Crippen LogP contribution in [0.2, 0.25) is 5.02 Å². The monoisotopic (exact) mass is 528 g/mol. The Morgan fingerprint density at radius 1 is 1.14 bits per heavy atom. The summed E-state index contributed by atoms with van der Waals surface area (Å²) in [6, 6.07) is 1.79. The van der Waals surface area contributed by atoms with Crippen LogP contribution in [0.25, 0.3) is 11.1 Å². The maximum absolute atomic E-state index is 14.4. The lowest BCUT2D eigenvalue weighted by Crippen LogP contribution is -2.40. The van der Waals surface area contributed by atoms with Gasteiger partial charge in [0.25, 0.3) is 0 Å². The number of hydrogen-bond acceptors (Lipinski definition) is 7. The number of nitrogens with zero attached hydrogens (tertiary/aromatic N) is 5. The van der Waals surface area contributed by atoms with Crippen LogP contribution in [0.1, 0.15) is 31.3 Å². The van der Waals surface area contributed by atoms with Gasteiger partial charge in [0.15, 0.2) is 11.6 Å². The van der Waals surface area contributed by atoms with Crippen molar-refractivity contribution in [3.63, 3.8) is 0 Å². The zero-order valence-electron chi connectivity index (χ0n) is 18.7. The predicted octanol–water partition coefficient (Wildman–Crippen LogP) is 5.60. The molecule has 1 amide bonds. The van der Waals surface area contributed by atoms with Crippen LogP contribution in [0.3, 0.4) is 0 Å². The van der Waals surface area contributed by atoms with Gasteiger partial charge in [0.1, 0.15) is 24.6 Å². The lowest BCUT2D eigenvalue weighted by molar-refractivity contribution is -0.137. The number of halogens is 6. The molecule has 1 unspecified atom stereocenters. The molecule has 8 nitrogen and oxygen atoms in total. The van der Waals surface area contributed by atoms with E-state index in [9.17, 15) is 26.7 Å².